The van der Waals surface area contributed by atoms with E-state index in [1.165, 1.54) is 0 Å². The van der Waals surface area contributed by atoms with Gasteiger partial charge in [-0.25, -0.2) is 0 Å². The Bertz CT molecular complexity index is 484. The van der Waals surface area contributed by atoms with Gasteiger partial charge in [-0.2, -0.15) is 0 Å². The van der Waals surface area contributed by atoms with Gasteiger partial charge in [0.15, 0.2) is 0 Å². The highest BCUT2D eigenvalue weighted by molar-refractivity contribution is 5.55. The van der Waals surface area contributed by atoms with Gasteiger partial charge in [-0.1, -0.05) is 6.07 Å². The zero-order valence-corrected chi connectivity index (χ0v) is 10.8. The van der Waals surface area contributed by atoms with Crippen LogP contribution in [0.2, 0.25) is 0 Å². The first kappa shape index (κ1) is 12.4. The van der Waals surface area contributed by atoms with Crippen LogP contribution in [0, 0.1) is 0 Å². The molecule has 0 spiro atoms. The molecule has 4 heteroatoms. The number of nitrogens with zero attached hydrogens (tertiary/aromatic N) is 3. The van der Waals surface area contributed by atoms with Crippen molar-refractivity contribution in [2.45, 2.75) is 13.5 Å². The van der Waals surface area contributed by atoms with E-state index in [-0.39, 0.29) is 0 Å². The van der Waals surface area contributed by atoms with Crippen LogP contribution in [0.25, 0.3) is 0 Å². The van der Waals surface area contributed by atoms with Crippen molar-refractivity contribution in [3.8, 4) is 0 Å². The minimum absolute atomic E-state index is 0.776. The van der Waals surface area contributed by atoms with Crippen molar-refractivity contribution < 1.29 is 0 Å². The van der Waals surface area contributed by atoms with E-state index >= 15 is 0 Å². The van der Waals surface area contributed by atoms with Gasteiger partial charge in [0.1, 0.15) is 0 Å². The molecule has 1 N–H and O–H groups in total. The number of hydrogen-bond acceptors (Lipinski definition) is 4. The topological polar surface area (TPSA) is 41.1 Å². The Morgan fingerprint density at radius 2 is 2.17 bits per heavy atom. The Labute approximate surface area is 108 Å². The lowest BCUT2D eigenvalue weighted by Crippen LogP contribution is -2.17. The molecule has 0 aromatic carbocycles. The zero-order valence-electron chi connectivity index (χ0n) is 10.8. The first-order chi connectivity index (χ1) is 8.79. The summed E-state index contributed by atoms with van der Waals surface area (Å²) >= 11 is 0. The molecule has 0 saturated carbocycles. The molecule has 0 aliphatic rings. The fraction of sp³-hybridized carbons (Fsp3) is 0.286. The summed E-state index contributed by atoms with van der Waals surface area (Å²) in [7, 11) is 2.04. The number of hydrogen-bond donors (Lipinski definition) is 1. The van der Waals surface area contributed by atoms with Gasteiger partial charge in [0.05, 0.1) is 36.0 Å². The van der Waals surface area contributed by atoms with Crippen molar-refractivity contribution >= 4 is 11.4 Å². The number of nitrogens with one attached hydrogen (secondary N) is 1. The molecule has 0 saturated heterocycles. The highest BCUT2D eigenvalue weighted by atomic mass is 15.1. The molecule has 2 rings (SSSR count). The second-order valence-corrected chi connectivity index (χ2v) is 4.14. The second-order valence-electron chi connectivity index (χ2n) is 4.14. The van der Waals surface area contributed by atoms with Crippen molar-refractivity contribution in [2.75, 3.05) is 23.8 Å². The third-order valence-electron chi connectivity index (χ3n) is 2.67. The van der Waals surface area contributed by atoms with Gasteiger partial charge in [0.2, 0.25) is 0 Å². The molecule has 2 aromatic rings. The van der Waals surface area contributed by atoms with Crippen LogP contribution in [0.5, 0.6) is 0 Å². The first-order valence-electron chi connectivity index (χ1n) is 6.09. The van der Waals surface area contributed by atoms with Crippen molar-refractivity contribution in [2.24, 2.45) is 0 Å². The fourth-order valence-corrected chi connectivity index (χ4v) is 1.76. The van der Waals surface area contributed by atoms with E-state index in [0.29, 0.717) is 0 Å². The predicted octanol–water partition coefficient (Wildman–Crippen LogP) is 2.54. The lowest BCUT2D eigenvalue weighted by atomic mass is 10.3. The van der Waals surface area contributed by atoms with Crippen molar-refractivity contribution in [1.29, 1.82) is 0 Å². The predicted molar refractivity (Wildman–Crippen MR) is 74.7 cm³/mol. The molecule has 0 bridgehead atoms. The summed E-state index contributed by atoms with van der Waals surface area (Å²) in [5.41, 5.74) is 3.18. The third-order valence-corrected chi connectivity index (χ3v) is 2.67. The summed E-state index contributed by atoms with van der Waals surface area (Å²) in [6.45, 7) is 3.75. The van der Waals surface area contributed by atoms with Crippen molar-refractivity contribution in [3.63, 3.8) is 0 Å². The first-order valence-corrected chi connectivity index (χ1v) is 6.09. The van der Waals surface area contributed by atoms with E-state index in [4.69, 9.17) is 0 Å². The van der Waals surface area contributed by atoms with Crippen LogP contribution in [0.15, 0.2) is 42.9 Å². The molecule has 0 unspecified atom stereocenters. The molecule has 18 heavy (non-hydrogen) atoms. The number of anilines is 2. The van der Waals surface area contributed by atoms with Crippen LogP contribution < -0.4 is 10.2 Å². The summed E-state index contributed by atoms with van der Waals surface area (Å²) in [4.78, 5) is 10.7. The van der Waals surface area contributed by atoms with E-state index in [0.717, 1.165) is 30.2 Å². The molecule has 0 amide bonds. The van der Waals surface area contributed by atoms with E-state index in [2.05, 4.69) is 33.2 Å². The molecule has 0 aliphatic carbocycles. The Balaban J connectivity index is 2.08. The number of rotatable bonds is 5. The largest absolute Gasteiger partial charge is 0.384 e. The highest BCUT2D eigenvalue weighted by Crippen LogP contribution is 2.17. The highest BCUT2D eigenvalue weighted by Gasteiger charge is 2.04. The number of aromatic nitrogens is 2. The lowest BCUT2D eigenvalue weighted by Gasteiger charge is -2.19. The molecular formula is C14H18N4. The SMILES string of the molecule is CCNc1cncc(N(C)Cc2ccccn2)c1. The molecule has 2 heterocycles. The van der Waals surface area contributed by atoms with Gasteiger partial charge in [-0.3, -0.25) is 9.97 Å². The van der Waals surface area contributed by atoms with Gasteiger partial charge < -0.3 is 10.2 Å². The Morgan fingerprint density at radius 3 is 2.89 bits per heavy atom. The van der Waals surface area contributed by atoms with Crippen LogP contribution in [-0.4, -0.2) is 23.6 Å². The van der Waals surface area contributed by atoms with Gasteiger partial charge in [0.25, 0.3) is 0 Å². The maximum atomic E-state index is 4.33. The number of pyridine rings is 2. The maximum absolute atomic E-state index is 4.33. The van der Waals surface area contributed by atoms with E-state index in [1.54, 1.807) is 0 Å². The molecule has 0 fully saturated rings. The van der Waals surface area contributed by atoms with E-state index in [1.807, 2.05) is 43.8 Å². The Morgan fingerprint density at radius 1 is 1.28 bits per heavy atom. The van der Waals surface area contributed by atoms with Crippen LogP contribution in [-0.2, 0) is 6.54 Å². The third kappa shape index (κ3) is 3.20. The Kier molecular flexibility index (Phi) is 4.12. The van der Waals surface area contributed by atoms with E-state index < -0.39 is 0 Å². The molecule has 0 aliphatic heterocycles. The fourth-order valence-electron chi connectivity index (χ4n) is 1.76. The Hall–Kier alpha value is -2.10. The average molecular weight is 242 g/mol. The van der Waals surface area contributed by atoms with Gasteiger partial charge >= 0.3 is 0 Å². The minimum Gasteiger partial charge on any atom is -0.384 e. The minimum atomic E-state index is 0.776. The molecule has 94 valence electrons. The summed E-state index contributed by atoms with van der Waals surface area (Å²) in [5, 5.41) is 3.26. The summed E-state index contributed by atoms with van der Waals surface area (Å²) in [6.07, 6.45) is 5.52. The van der Waals surface area contributed by atoms with Gasteiger partial charge in [-0.05, 0) is 25.1 Å². The maximum Gasteiger partial charge on any atom is 0.0599 e. The zero-order chi connectivity index (χ0) is 12.8. The molecule has 2 aromatic heterocycles. The summed E-state index contributed by atoms with van der Waals surface area (Å²) < 4.78 is 0. The molecular weight excluding hydrogens is 224 g/mol. The van der Waals surface area contributed by atoms with Crippen molar-refractivity contribution in [3.05, 3.63) is 48.5 Å². The quantitative estimate of drug-likeness (QED) is 0.874. The van der Waals surface area contributed by atoms with Crippen molar-refractivity contribution in [1.82, 2.24) is 9.97 Å². The monoisotopic (exact) mass is 242 g/mol. The van der Waals surface area contributed by atoms with Gasteiger partial charge in [-0.15, -0.1) is 0 Å². The smallest absolute Gasteiger partial charge is 0.0599 e. The van der Waals surface area contributed by atoms with E-state index in [9.17, 15) is 0 Å². The summed E-state index contributed by atoms with van der Waals surface area (Å²) in [5.74, 6) is 0. The lowest BCUT2D eigenvalue weighted by molar-refractivity contribution is 0.881. The summed E-state index contributed by atoms with van der Waals surface area (Å²) in [6, 6.07) is 8.05. The van der Waals surface area contributed by atoms with Crippen LogP contribution in [0.4, 0.5) is 11.4 Å². The molecule has 0 radical (unpaired) electrons. The van der Waals surface area contributed by atoms with Crippen LogP contribution in [0.3, 0.4) is 0 Å². The molecule has 4 nitrogen and oxygen atoms in total. The van der Waals surface area contributed by atoms with Crippen LogP contribution in [0.1, 0.15) is 12.6 Å². The second kappa shape index (κ2) is 6.00. The normalized spacial score (nSPS) is 10.1. The van der Waals surface area contributed by atoms with Crippen LogP contribution >= 0.6 is 0 Å². The van der Waals surface area contributed by atoms with Gasteiger partial charge in [0, 0.05) is 19.8 Å². The molecule has 0 atom stereocenters. The average Bonchev–Trinajstić information content (AvgIpc) is 2.40. The standard InChI is InChI=1S/C14H18N4/c1-3-16-13-8-14(10-15-9-13)18(2)11-12-6-4-5-7-17-12/h4-10,16H,3,11H2,1-2H3.